The van der Waals surface area contributed by atoms with E-state index < -0.39 is 12.1 Å². The van der Waals surface area contributed by atoms with Crippen LogP contribution in [0.25, 0.3) is 0 Å². The van der Waals surface area contributed by atoms with Gasteiger partial charge in [0, 0.05) is 12.8 Å². The minimum Gasteiger partial charge on any atom is -0.466 e. The minimum absolute atomic E-state index is 0.00618. The maximum Gasteiger partial charge on any atom is 0.305 e. The van der Waals surface area contributed by atoms with Gasteiger partial charge in [-0.05, 0) is 32.1 Å². The Morgan fingerprint density at radius 3 is 1.00 bits per heavy atom. The highest BCUT2D eigenvalue weighted by Crippen LogP contribution is 2.18. The number of aliphatic hydroxyl groups excluding tert-OH is 2. The number of aliphatic hydroxyl groups is 2. The zero-order chi connectivity index (χ0) is 49.3. The number of ether oxygens (including phenoxy) is 1. The molecule has 0 aromatic heterocycles. The molecule has 0 radical (unpaired) electrons. The van der Waals surface area contributed by atoms with Crippen molar-refractivity contribution in [2.45, 2.75) is 360 Å². The van der Waals surface area contributed by atoms with E-state index in [0.29, 0.717) is 19.4 Å². The van der Waals surface area contributed by atoms with Crippen LogP contribution in [0.3, 0.4) is 0 Å². The van der Waals surface area contributed by atoms with Gasteiger partial charge in [0.05, 0.1) is 25.4 Å². The Morgan fingerprint density at radius 1 is 0.397 bits per heavy atom. The molecule has 0 aromatic rings. The van der Waals surface area contributed by atoms with Gasteiger partial charge in [0.2, 0.25) is 5.91 Å². The molecule has 2 unspecified atom stereocenters. The van der Waals surface area contributed by atoms with Crippen molar-refractivity contribution in [3.63, 3.8) is 0 Å². The predicted octanol–water partition coefficient (Wildman–Crippen LogP) is 19.2. The normalized spacial score (nSPS) is 12.6. The first-order chi connectivity index (χ1) is 33.5. The molecule has 0 bridgehead atoms. The molecule has 2 atom stereocenters. The fourth-order valence-corrected chi connectivity index (χ4v) is 9.81. The summed E-state index contributed by atoms with van der Waals surface area (Å²) < 4.78 is 5.48. The summed E-state index contributed by atoms with van der Waals surface area (Å²) in [5.41, 5.74) is 0. The van der Waals surface area contributed by atoms with Crippen molar-refractivity contribution in [2.75, 3.05) is 13.2 Å². The van der Waals surface area contributed by atoms with Gasteiger partial charge >= 0.3 is 5.97 Å². The van der Waals surface area contributed by atoms with Gasteiger partial charge in [0.25, 0.3) is 0 Å². The van der Waals surface area contributed by atoms with E-state index in [4.69, 9.17) is 4.74 Å². The number of unbranched alkanes of at least 4 members (excludes halogenated alkanes) is 47. The summed E-state index contributed by atoms with van der Waals surface area (Å²) in [5, 5.41) is 23.2. The molecule has 0 saturated carbocycles. The number of carbonyl (C=O) groups is 2. The third-order valence-corrected chi connectivity index (χ3v) is 14.6. The first kappa shape index (κ1) is 66.6. The molecule has 1 amide bonds. The largest absolute Gasteiger partial charge is 0.466 e. The zero-order valence-corrected chi connectivity index (χ0v) is 46.1. The van der Waals surface area contributed by atoms with E-state index in [0.717, 1.165) is 57.8 Å². The zero-order valence-electron chi connectivity index (χ0n) is 46.1. The number of amides is 1. The predicted molar refractivity (Wildman–Crippen MR) is 297 cm³/mol. The maximum absolute atomic E-state index is 12.5. The molecule has 0 heterocycles. The molecule has 68 heavy (non-hydrogen) atoms. The number of hydrogen-bond donors (Lipinski definition) is 3. The van der Waals surface area contributed by atoms with Gasteiger partial charge in [-0.25, -0.2) is 0 Å². The molecule has 6 heteroatoms. The van der Waals surface area contributed by atoms with Crippen LogP contribution in [0.4, 0.5) is 0 Å². The smallest absolute Gasteiger partial charge is 0.305 e. The van der Waals surface area contributed by atoms with E-state index in [1.807, 2.05) is 6.08 Å². The first-order valence-electron chi connectivity index (χ1n) is 31.0. The number of nitrogens with one attached hydrogen (secondary N) is 1. The molecule has 0 aromatic carbocycles. The summed E-state index contributed by atoms with van der Waals surface area (Å²) in [6.45, 7) is 4.91. The Balaban J connectivity index is 3.46. The van der Waals surface area contributed by atoms with Crippen LogP contribution < -0.4 is 5.32 Å². The van der Waals surface area contributed by atoms with Gasteiger partial charge in [-0.15, -0.1) is 0 Å². The van der Waals surface area contributed by atoms with Crippen LogP contribution in [-0.4, -0.2) is 47.4 Å². The molecular weight excluding hydrogens is 839 g/mol. The van der Waals surface area contributed by atoms with Gasteiger partial charge in [-0.2, -0.15) is 0 Å². The lowest BCUT2D eigenvalue weighted by molar-refractivity contribution is -0.143. The van der Waals surface area contributed by atoms with Crippen molar-refractivity contribution in [3.05, 3.63) is 12.2 Å². The van der Waals surface area contributed by atoms with Crippen LogP contribution >= 0.6 is 0 Å². The van der Waals surface area contributed by atoms with Crippen molar-refractivity contribution in [3.8, 4) is 0 Å². The molecule has 0 aliphatic rings. The molecule has 0 fully saturated rings. The average Bonchev–Trinajstić information content (AvgIpc) is 3.34. The number of hydrogen-bond acceptors (Lipinski definition) is 5. The highest BCUT2D eigenvalue weighted by atomic mass is 16.5. The lowest BCUT2D eigenvalue weighted by atomic mass is 10.0. The summed E-state index contributed by atoms with van der Waals surface area (Å²) in [4.78, 5) is 24.6. The maximum atomic E-state index is 12.5. The second-order valence-corrected chi connectivity index (χ2v) is 21.4. The second-order valence-electron chi connectivity index (χ2n) is 21.4. The highest BCUT2D eigenvalue weighted by molar-refractivity contribution is 5.76. The fraction of sp³-hybridized carbons (Fsp3) is 0.935. The number of esters is 1. The van der Waals surface area contributed by atoms with Crippen LogP contribution in [0.2, 0.25) is 0 Å². The molecule has 3 N–H and O–H groups in total. The SMILES string of the molecule is CCCCCCCCCCCCCCCCCCCCCCC/C=C/C(O)C(CO)NC(=O)CCCCCCCCCCCCCCOC(=O)CCCCCCCCCCCCCCCCCC. The standard InChI is InChI=1S/C62H121NO5/c1-3-5-7-9-11-13-15-17-19-21-22-23-24-25-26-27-28-30-34-38-42-46-50-54-60(65)59(58-64)63-61(66)55-51-47-43-39-35-32-33-37-41-45-49-53-57-68-62(67)56-52-48-44-40-36-31-29-20-18-16-14-12-10-8-6-4-2/h50,54,59-60,64-65H,3-49,51-53,55-58H2,1-2H3,(H,63,66)/b54-50+. The van der Waals surface area contributed by atoms with E-state index in [1.54, 1.807) is 6.08 Å². The van der Waals surface area contributed by atoms with Crippen molar-refractivity contribution < 1.29 is 24.5 Å². The Bertz CT molecular complexity index is 1020. The van der Waals surface area contributed by atoms with E-state index in [-0.39, 0.29) is 18.5 Å². The van der Waals surface area contributed by atoms with Crippen LogP contribution in [0.5, 0.6) is 0 Å². The van der Waals surface area contributed by atoms with E-state index in [2.05, 4.69) is 19.2 Å². The first-order valence-corrected chi connectivity index (χ1v) is 31.0. The topological polar surface area (TPSA) is 95.9 Å². The molecule has 0 spiro atoms. The Kier molecular flexibility index (Phi) is 57.0. The van der Waals surface area contributed by atoms with E-state index >= 15 is 0 Å². The molecular formula is C62H121NO5. The molecule has 0 aliphatic carbocycles. The summed E-state index contributed by atoms with van der Waals surface area (Å²) in [7, 11) is 0. The van der Waals surface area contributed by atoms with Crippen LogP contribution in [-0.2, 0) is 14.3 Å². The van der Waals surface area contributed by atoms with Gasteiger partial charge in [0.1, 0.15) is 0 Å². The van der Waals surface area contributed by atoms with Crippen molar-refractivity contribution in [1.82, 2.24) is 5.32 Å². The van der Waals surface area contributed by atoms with E-state index in [1.165, 1.54) is 263 Å². The number of rotatable bonds is 58. The van der Waals surface area contributed by atoms with E-state index in [9.17, 15) is 19.8 Å². The van der Waals surface area contributed by atoms with Crippen molar-refractivity contribution in [1.29, 1.82) is 0 Å². The number of allylic oxidation sites excluding steroid dienone is 1. The van der Waals surface area contributed by atoms with Crippen LogP contribution in [0.15, 0.2) is 12.2 Å². The molecule has 404 valence electrons. The summed E-state index contributed by atoms with van der Waals surface area (Å²) in [5.74, 6) is -0.0853. The van der Waals surface area contributed by atoms with Gasteiger partial charge in [-0.3, -0.25) is 9.59 Å². The third-order valence-electron chi connectivity index (χ3n) is 14.6. The number of carbonyl (C=O) groups excluding carboxylic acids is 2. The molecule has 0 aliphatic heterocycles. The summed E-state index contributed by atoms with van der Waals surface area (Å²) in [6, 6.07) is -0.640. The molecule has 6 nitrogen and oxygen atoms in total. The van der Waals surface area contributed by atoms with Crippen LogP contribution in [0, 0.1) is 0 Å². The summed E-state index contributed by atoms with van der Waals surface area (Å²) in [6.07, 6.45) is 69.6. The Hall–Kier alpha value is -1.40. The Morgan fingerprint density at radius 2 is 0.676 bits per heavy atom. The van der Waals surface area contributed by atoms with Crippen molar-refractivity contribution in [2.24, 2.45) is 0 Å². The third kappa shape index (κ3) is 53.9. The highest BCUT2D eigenvalue weighted by Gasteiger charge is 2.18. The van der Waals surface area contributed by atoms with Gasteiger partial charge < -0.3 is 20.3 Å². The average molecular weight is 961 g/mol. The molecule has 0 rings (SSSR count). The van der Waals surface area contributed by atoms with Gasteiger partial charge in [-0.1, -0.05) is 315 Å². The quantitative estimate of drug-likeness (QED) is 0.0321. The van der Waals surface area contributed by atoms with Crippen LogP contribution in [0.1, 0.15) is 348 Å². The van der Waals surface area contributed by atoms with Crippen molar-refractivity contribution >= 4 is 11.9 Å². The second kappa shape index (κ2) is 58.2. The molecule has 0 saturated heterocycles. The lowest BCUT2D eigenvalue weighted by Gasteiger charge is -2.20. The monoisotopic (exact) mass is 960 g/mol. The summed E-state index contributed by atoms with van der Waals surface area (Å²) >= 11 is 0. The fourth-order valence-electron chi connectivity index (χ4n) is 9.81. The Labute approximate surface area is 425 Å². The minimum atomic E-state index is -0.855. The lowest BCUT2D eigenvalue weighted by Crippen LogP contribution is -2.45. The van der Waals surface area contributed by atoms with Gasteiger partial charge in [0.15, 0.2) is 0 Å².